The van der Waals surface area contributed by atoms with Gasteiger partial charge in [0, 0.05) is 22.0 Å². The Morgan fingerprint density at radius 1 is 1.03 bits per heavy atom. The third-order valence-electron chi connectivity index (χ3n) is 4.57. The second-order valence-corrected chi connectivity index (χ2v) is 6.98. The highest BCUT2D eigenvalue weighted by Crippen LogP contribution is 2.32. The van der Waals surface area contributed by atoms with Crippen molar-refractivity contribution in [3.8, 4) is 22.8 Å². The first kappa shape index (κ1) is 18.9. The number of phenolic OH excluding ortho intramolecular Hbond substituents is 1. The minimum atomic E-state index is 0.0651. The maximum atomic E-state index is 9.89. The number of ether oxygens (including phenoxy) is 1. The molecule has 29 heavy (non-hydrogen) atoms. The molecule has 146 valence electrons. The Morgan fingerprint density at radius 2 is 1.83 bits per heavy atom. The van der Waals surface area contributed by atoms with Crippen molar-refractivity contribution in [1.29, 1.82) is 0 Å². The first-order valence-electron chi connectivity index (χ1n) is 9.01. The highest BCUT2D eigenvalue weighted by atomic mass is 35.5. The molecule has 0 bridgehead atoms. The number of para-hydroxylation sites is 1. The molecule has 0 radical (unpaired) electrons. The smallest absolute Gasteiger partial charge is 0.161 e. The Bertz CT molecular complexity index is 1250. The summed E-state index contributed by atoms with van der Waals surface area (Å²) in [4.78, 5) is 0. The van der Waals surface area contributed by atoms with Crippen LogP contribution < -0.4 is 15.5 Å². The van der Waals surface area contributed by atoms with Crippen LogP contribution in [0.3, 0.4) is 0 Å². The van der Waals surface area contributed by atoms with Gasteiger partial charge < -0.3 is 14.3 Å². The first-order valence-corrected chi connectivity index (χ1v) is 9.39. The van der Waals surface area contributed by atoms with E-state index in [-0.39, 0.29) is 5.75 Å². The van der Waals surface area contributed by atoms with E-state index < -0.39 is 0 Å². The van der Waals surface area contributed by atoms with E-state index in [1.165, 1.54) is 7.11 Å². The predicted molar refractivity (Wildman–Crippen MR) is 115 cm³/mol. The van der Waals surface area contributed by atoms with E-state index in [9.17, 15) is 5.11 Å². The van der Waals surface area contributed by atoms with Crippen molar-refractivity contribution in [1.82, 2.24) is 0 Å². The lowest BCUT2D eigenvalue weighted by atomic mass is 10.1. The molecule has 0 aliphatic rings. The summed E-state index contributed by atoms with van der Waals surface area (Å²) in [7, 11) is 1.51. The van der Waals surface area contributed by atoms with Crippen LogP contribution in [0.5, 0.6) is 11.5 Å². The fourth-order valence-electron chi connectivity index (χ4n) is 2.99. The van der Waals surface area contributed by atoms with Crippen LogP contribution in [0.15, 0.2) is 76.2 Å². The third kappa shape index (κ3) is 3.91. The zero-order valence-corrected chi connectivity index (χ0v) is 16.7. The number of rotatable bonds is 4. The average Bonchev–Trinajstić information content (AvgIpc) is 2.74. The largest absolute Gasteiger partial charge is 0.504 e. The number of benzene rings is 3. The Kier molecular flexibility index (Phi) is 5.14. The minimum Gasteiger partial charge on any atom is -0.504 e. The van der Waals surface area contributed by atoms with Gasteiger partial charge in [0.15, 0.2) is 11.5 Å². The number of aryl methyl sites for hydroxylation is 1. The number of hydrogen-bond acceptors (Lipinski definition) is 5. The summed E-state index contributed by atoms with van der Waals surface area (Å²) in [6.07, 6.45) is 0. The molecule has 0 amide bonds. The molecule has 3 aromatic carbocycles. The first-order chi connectivity index (χ1) is 14.0. The van der Waals surface area contributed by atoms with Gasteiger partial charge in [0.25, 0.3) is 0 Å². The third-order valence-corrected chi connectivity index (χ3v) is 4.98. The fraction of sp³-hybridized carbons (Fsp3) is 0.0870. The van der Waals surface area contributed by atoms with Crippen LogP contribution in [-0.2, 0) is 0 Å². The van der Waals surface area contributed by atoms with Crippen LogP contribution in [0.1, 0.15) is 5.56 Å². The number of methoxy groups -OCH3 is 1. The Balaban J connectivity index is 1.91. The number of aromatic hydroxyl groups is 1. The molecular formula is C23H19ClN2O3. The van der Waals surface area contributed by atoms with Gasteiger partial charge in [-0.1, -0.05) is 29.8 Å². The van der Waals surface area contributed by atoms with E-state index in [0.717, 1.165) is 22.2 Å². The molecule has 5 nitrogen and oxygen atoms in total. The summed E-state index contributed by atoms with van der Waals surface area (Å²) in [5.74, 6) is 1.02. The lowest BCUT2D eigenvalue weighted by Crippen LogP contribution is -2.07. The molecule has 4 aromatic rings. The fourth-order valence-corrected chi connectivity index (χ4v) is 3.16. The van der Waals surface area contributed by atoms with Crippen molar-refractivity contribution in [3.63, 3.8) is 0 Å². The van der Waals surface area contributed by atoms with Gasteiger partial charge in [0.05, 0.1) is 18.2 Å². The molecule has 0 atom stereocenters. The number of fused-ring (bicyclic) bond motifs is 1. The van der Waals surface area contributed by atoms with Crippen LogP contribution in [0.25, 0.3) is 22.3 Å². The second kappa shape index (κ2) is 7.89. The van der Waals surface area contributed by atoms with Gasteiger partial charge in [0.1, 0.15) is 11.3 Å². The molecule has 1 heterocycles. The van der Waals surface area contributed by atoms with E-state index >= 15 is 0 Å². The number of nitrogens with zero attached hydrogens (tertiary/aromatic N) is 1. The van der Waals surface area contributed by atoms with Crippen molar-refractivity contribution in [2.75, 3.05) is 12.5 Å². The van der Waals surface area contributed by atoms with Gasteiger partial charge in [-0.05, 0) is 55.0 Å². The lowest BCUT2D eigenvalue weighted by molar-refractivity contribution is 0.373. The second-order valence-electron chi connectivity index (χ2n) is 6.57. The van der Waals surface area contributed by atoms with Gasteiger partial charge >= 0.3 is 0 Å². The van der Waals surface area contributed by atoms with Crippen molar-refractivity contribution in [3.05, 3.63) is 82.7 Å². The summed E-state index contributed by atoms with van der Waals surface area (Å²) in [6.45, 7) is 1.92. The topological polar surface area (TPSA) is 67.0 Å². The Labute approximate surface area is 172 Å². The van der Waals surface area contributed by atoms with Gasteiger partial charge in [-0.25, -0.2) is 0 Å². The van der Waals surface area contributed by atoms with Gasteiger partial charge in [-0.2, -0.15) is 5.10 Å². The van der Waals surface area contributed by atoms with Crippen LogP contribution >= 0.6 is 11.6 Å². The molecular weight excluding hydrogens is 388 g/mol. The van der Waals surface area contributed by atoms with Crippen molar-refractivity contribution in [2.45, 2.75) is 6.92 Å². The summed E-state index contributed by atoms with van der Waals surface area (Å²) in [6, 6.07) is 20.3. The zero-order valence-electron chi connectivity index (χ0n) is 15.9. The molecule has 0 saturated carbocycles. The molecule has 0 unspecified atom stereocenters. The number of nitrogens with one attached hydrogen (secondary N) is 1. The van der Waals surface area contributed by atoms with E-state index in [2.05, 4.69) is 10.5 Å². The lowest BCUT2D eigenvalue weighted by Gasteiger charge is -2.09. The molecule has 0 fully saturated rings. The maximum absolute atomic E-state index is 9.89. The van der Waals surface area contributed by atoms with Gasteiger partial charge in [0.2, 0.25) is 0 Å². The Hall–Kier alpha value is -3.44. The number of hydrogen-bond donors (Lipinski definition) is 2. The summed E-state index contributed by atoms with van der Waals surface area (Å²) >= 11 is 6.34. The van der Waals surface area contributed by atoms with Crippen molar-refractivity contribution < 1.29 is 14.3 Å². The van der Waals surface area contributed by atoms with Crippen molar-refractivity contribution in [2.24, 2.45) is 5.10 Å². The summed E-state index contributed by atoms with van der Waals surface area (Å²) in [5.41, 5.74) is 6.26. The summed E-state index contributed by atoms with van der Waals surface area (Å²) in [5, 5.41) is 16.6. The standard InChI is InChI=1S/C23H19ClN2O3/c1-14-10-22-17(12-18(14)24)19(26-25-16-6-4-3-5-7-16)13-21(29-22)15-8-9-20(27)23(11-15)28-2/h3-13,25,27H,1-2H3/b26-19+. The SMILES string of the molecule is COc1cc(-c2c/c(=N\Nc3ccccc3)c3cc(Cl)c(C)cc3o2)ccc1O. The molecule has 2 N–H and O–H groups in total. The average molecular weight is 407 g/mol. The van der Waals surface area contributed by atoms with E-state index in [4.69, 9.17) is 20.8 Å². The molecule has 4 rings (SSSR count). The molecule has 0 saturated heterocycles. The predicted octanol–water partition coefficient (Wildman–Crippen LogP) is 5.70. The van der Waals surface area contributed by atoms with Crippen LogP contribution in [0.2, 0.25) is 5.02 Å². The quantitative estimate of drug-likeness (QED) is 0.426. The zero-order chi connectivity index (χ0) is 20.4. The number of anilines is 1. The van der Waals surface area contributed by atoms with Gasteiger partial charge in [-0.3, -0.25) is 5.43 Å². The molecule has 1 aromatic heterocycles. The van der Waals surface area contributed by atoms with Crippen LogP contribution in [0, 0.1) is 6.92 Å². The van der Waals surface area contributed by atoms with Crippen LogP contribution in [0.4, 0.5) is 5.69 Å². The number of phenols is 1. The van der Waals surface area contributed by atoms with Gasteiger partial charge in [-0.15, -0.1) is 0 Å². The monoisotopic (exact) mass is 406 g/mol. The number of halogens is 1. The highest BCUT2D eigenvalue weighted by molar-refractivity contribution is 6.32. The van der Waals surface area contributed by atoms with E-state index in [1.807, 2.05) is 55.5 Å². The minimum absolute atomic E-state index is 0.0651. The normalized spacial score (nSPS) is 11.6. The maximum Gasteiger partial charge on any atom is 0.161 e. The molecule has 6 heteroatoms. The molecule has 0 aliphatic carbocycles. The Morgan fingerprint density at radius 3 is 2.59 bits per heavy atom. The van der Waals surface area contributed by atoms with E-state index in [1.54, 1.807) is 18.2 Å². The molecule has 0 spiro atoms. The van der Waals surface area contributed by atoms with Crippen molar-refractivity contribution >= 4 is 28.3 Å². The molecule has 0 aliphatic heterocycles. The summed E-state index contributed by atoms with van der Waals surface area (Å²) < 4.78 is 11.4. The van der Waals surface area contributed by atoms with Crippen LogP contribution in [-0.4, -0.2) is 12.2 Å². The highest BCUT2D eigenvalue weighted by Gasteiger charge is 2.11. The van der Waals surface area contributed by atoms with E-state index in [0.29, 0.717) is 27.5 Å².